The zero-order valence-corrected chi connectivity index (χ0v) is 19.0. The molecule has 156 valence electrons. The summed E-state index contributed by atoms with van der Waals surface area (Å²) in [5.41, 5.74) is 0.812. The van der Waals surface area contributed by atoms with Gasteiger partial charge in [0, 0.05) is 15.2 Å². The summed E-state index contributed by atoms with van der Waals surface area (Å²) in [5.74, 6) is 0.208. The molecule has 2 N–H and O–H groups in total. The summed E-state index contributed by atoms with van der Waals surface area (Å²) >= 11 is 9.22. The highest BCUT2D eigenvalue weighted by Crippen LogP contribution is 2.21. The lowest BCUT2D eigenvalue weighted by molar-refractivity contribution is -0.122. The first kappa shape index (κ1) is 22.1. The first-order chi connectivity index (χ1) is 14.2. The SMILES string of the molecule is CC(Oc1ccc(Br)cc1)C(=O)Nc1ccc(S(=O)(=O)Nc2cccc(Cl)c2)cc1. The number of ether oxygens (including phenoxy) is 1. The molecule has 0 saturated carbocycles. The van der Waals surface area contributed by atoms with E-state index in [1.54, 1.807) is 37.3 Å². The number of carbonyl (C=O) groups is 1. The summed E-state index contributed by atoms with van der Waals surface area (Å²) in [6.07, 6.45) is -0.737. The minimum Gasteiger partial charge on any atom is -0.481 e. The third-order valence-electron chi connectivity index (χ3n) is 4.00. The number of amides is 1. The number of rotatable bonds is 7. The van der Waals surface area contributed by atoms with Crippen LogP contribution in [-0.2, 0) is 14.8 Å². The molecule has 0 spiro atoms. The zero-order chi connectivity index (χ0) is 21.7. The third-order valence-corrected chi connectivity index (χ3v) is 6.17. The van der Waals surface area contributed by atoms with Gasteiger partial charge < -0.3 is 10.1 Å². The Kier molecular flexibility index (Phi) is 7.02. The van der Waals surface area contributed by atoms with Gasteiger partial charge in [-0.15, -0.1) is 0 Å². The number of benzene rings is 3. The molecular weight excluding hydrogens is 492 g/mol. The largest absolute Gasteiger partial charge is 0.481 e. The molecule has 1 atom stereocenters. The van der Waals surface area contributed by atoms with Gasteiger partial charge in [0.25, 0.3) is 15.9 Å². The van der Waals surface area contributed by atoms with Crippen molar-refractivity contribution < 1.29 is 17.9 Å². The van der Waals surface area contributed by atoms with Gasteiger partial charge in [-0.1, -0.05) is 33.6 Å². The number of anilines is 2. The minimum atomic E-state index is -3.79. The number of halogens is 2. The fourth-order valence-corrected chi connectivity index (χ4v) is 4.00. The summed E-state index contributed by atoms with van der Waals surface area (Å²) in [6.45, 7) is 1.63. The minimum absolute atomic E-state index is 0.0552. The van der Waals surface area contributed by atoms with Crippen molar-refractivity contribution in [2.75, 3.05) is 10.0 Å². The van der Waals surface area contributed by atoms with Crippen molar-refractivity contribution in [3.05, 3.63) is 82.3 Å². The molecule has 1 unspecified atom stereocenters. The number of carbonyl (C=O) groups excluding carboxylic acids is 1. The second kappa shape index (κ2) is 9.51. The number of sulfonamides is 1. The van der Waals surface area contributed by atoms with Crippen LogP contribution >= 0.6 is 27.5 Å². The van der Waals surface area contributed by atoms with Crippen molar-refractivity contribution in [3.8, 4) is 5.75 Å². The molecule has 1 amide bonds. The van der Waals surface area contributed by atoms with Crippen LogP contribution in [-0.4, -0.2) is 20.4 Å². The summed E-state index contributed by atoms with van der Waals surface area (Å²) in [5, 5.41) is 3.13. The molecule has 3 rings (SSSR count). The van der Waals surface area contributed by atoms with Crippen molar-refractivity contribution in [1.82, 2.24) is 0 Å². The fraction of sp³-hybridized carbons (Fsp3) is 0.0952. The average molecular weight is 510 g/mol. The van der Waals surface area contributed by atoms with E-state index in [2.05, 4.69) is 26.0 Å². The van der Waals surface area contributed by atoms with Crippen LogP contribution in [0.3, 0.4) is 0 Å². The Bertz CT molecular complexity index is 1140. The molecule has 6 nitrogen and oxygen atoms in total. The lowest BCUT2D eigenvalue weighted by Gasteiger charge is -2.15. The number of hydrogen-bond acceptors (Lipinski definition) is 4. The Morgan fingerprint density at radius 2 is 1.67 bits per heavy atom. The van der Waals surface area contributed by atoms with Gasteiger partial charge in [-0.05, 0) is 73.7 Å². The normalized spacial score (nSPS) is 12.1. The lowest BCUT2D eigenvalue weighted by atomic mass is 10.3. The molecule has 0 radical (unpaired) electrons. The van der Waals surface area contributed by atoms with Crippen LogP contribution in [0.15, 0.2) is 82.2 Å². The van der Waals surface area contributed by atoms with Gasteiger partial charge in [-0.2, -0.15) is 0 Å². The van der Waals surface area contributed by atoms with E-state index < -0.39 is 16.1 Å². The van der Waals surface area contributed by atoms with Crippen LogP contribution in [0.4, 0.5) is 11.4 Å². The van der Waals surface area contributed by atoms with Gasteiger partial charge in [0.1, 0.15) is 5.75 Å². The smallest absolute Gasteiger partial charge is 0.265 e. The molecule has 30 heavy (non-hydrogen) atoms. The molecule has 0 aliphatic rings. The molecule has 3 aromatic carbocycles. The topological polar surface area (TPSA) is 84.5 Å². The summed E-state index contributed by atoms with van der Waals surface area (Å²) in [4.78, 5) is 12.4. The maximum Gasteiger partial charge on any atom is 0.265 e. The first-order valence-corrected chi connectivity index (χ1v) is 11.5. The van der Waals surface area contributed by atoms with E-state index in [1.165, 1.54) is 30.3 Å². The highest BCUT2D eigenvalue weighted by atomic mass is 79.9. The quantitative estimate of drug-likeness (QED) is 0.452. The Morgan fingerprint density at radius 3 is 2.30 bits per heavy atom. The maximum absolute atomic E-state index is 12.5. The number of nitrogens with one attached hydrogen (secondary N) is 2. The predicted molar refractivity (Wildman–Crippen MR) is 122 cm³/mol. The van der Waals surface area contributed by atoms with E-state index in [0.717, 1.165) is 4.47 Å². The highest BCUT2D eigenvalue weighted by molar-refractivity contribution is 9.10. The summed E-state index contributed by atoms with van der Waals surface area (Å²) < 4.78 is 34.0. The van der Waals surface area contributed by atoms with Crippen LogP contribution in [0.2, 0.25) is 5.02 Å². The molecular formula is C21H18BrClN2O4S. The van der Waals surface area contributed by atoms with Crippen molar-refractivity contribution in [1.29, 1.82) is 0 Å². The van der Waals surface area contributed by atoms with E-state index in [0.29, 0.717) is 22.1 Å². The average Bonchev–Trinajstić information content (AvgIpc) is 2.70. The van der Waals surface area contributed by atoms with E-state index >= 15 is 0 Å². The van der Waals surface area contributed by atoms with E-state index in [4.69, 9.17) is 16.3 Å². The van der Waals surface area contributed by atoms with Crippen molar-refractivity contribution in [2.24, 2.45) is 0 Å². The lowest BCUT2D eigenvalue weighted by Crippen LogP contribution is -2.30. The molecule has 0 heterocycles. The van der Waals surface area contributed by atoms with Crippen LogP contribution in [0.5, 0.6) is 5.75 Å². The van der Waals surface area contributed by atoms with Gasteiger partial charge in [0.2, 0.25) is 0 Å². The van der Waals surface area contributed by atoms with Gasteiger partial charge in [0.15, 0.2) is 6.10 Å². The molecule has 0 aromatic heterocycles. The standard InChI is InChI=1S/C21H18BrClN2O4S/c1-14(29-19-9-5-15(22)6-10-19)21(26)24-17-7-11-20(12-8-17)30(27,28)25-18-4-2-3-16(23)13-18/h2-14,25H,1H3,(H,24,26). The molecule has 0 saturated heterocycles. The Morgan fingerprint density at radius 1 is 1.00 bits per heavy atom. The predicted octanol–water partition coefficient (Wildman–Crippen LogP) is 5.31. The van der Waals surface area contributed by atoms with Crippen LogP contribution in [0.1, 0.15) is 6.92 Å². The Hall–Kier alpha value is -2.55. The first-order valence-electron chi connectivity index (χ1n) is 8.84. The van der Waals surface area contributed by atoms with Gasteiger partial charge >= 0.3 is 0 Å². The summed E-state index contributed by atoms with van der Waals surface area (Å²) in [6, 6.07) is 19.4. The van der Waals surface area contributed by atoms with Gasteiger partial charge in [0.05, 0.1) is 10.6 Å². The second-order valence-corrected chi connectivity index (χ2v) is 9.38. The van der Waals surface area contributed by atoms with Crippen molar-refractivity contribution in [2.45, 2.75) is 17.9 Å². The van der Waals surface area contributed by atoms with Crippen molar-refractivity contribution in [3.63, 3.8) is 0 Å². The van der Waals surface area contributed by atoms with E-state index in [9.17, 15) is 13.2 Å². The van der Waals surface area contributed by atoms with E-state index in [-0.39, 0.29) is 10.8 Å². The molecule has 0 aliphatic carbocycles. The maximum atomic E-state index is 12.5. The summed E-state index contributed by atoms with van der Waals surface area (Å²) in [7, 11) is -3.79. The van der Waals surface area contributed by atoms with Crippen LogP contribution < -0.4 is 14.8 Å². The number of hydrogen-bond donors (Lipinski definition) is 2. The highest BCUT2D eigenvalue weighted by Gasteiger charge is 2.17. The fourth-order valence-electron chi connectivity index (χ4n) is 2.50. The molecule has 0 fully saturated rings. The van der Waals surface area contributed by atoms with Crippen LogP contribution in [0.25, 0.3) is 0 Å². The molecule has 0 aliphatic heterocycles. The molecule has 9 heteroatoms. The van der Waals surface area contributed by atoms with Gasteiger partial charge in [-0.25, -0.2) is 8.42 Å². The van der Waals surface area contributed by atoms with Gasteiger partial charge in [-0.3, -0.25) is 9.52 Å². The molecule has 0 bridgehead atoms. The monoisotopic (exact) mass is 508 g/mol. The second-order valence-electron chi connectivity index (χ2n) is 6.34. The van der Waals surface area contributed by atoms with Crippen LogP contribution in [0, 0.1) is 0 Å². The zero-order valence-electron chi connectivity index (χ0n) is 15.8. The third kappa shape index (κ3) is 5.98. The Labute approximate surface area is 188 Å². The Balaban J connectivity index is 1.63. The van der Waals surface area contributed by atoms with Crippen molar-refractivity contribution >= 4 is 54.8 Å². The van der Waals surface area contributed by atoms with E-state index in [1.807, 2.05) is 12.1 Å². The molecule has 3 aromatic rings.